The lowest BCUT2D eigenvalue weighted by atomic mass is 10.1. The van der Waals surface area contributed by atoms with Gasteiger partial charge in [-0.1, -0.05) is 80.2 Å². The normalized spacial score (nSPS) is 11.9. The van der Waals surface area contributed by atoms with Crippen LogP contribution in [-0.2, 0) is 19.2 Å². The largest absolute Gasteiger partial charge is 0.300 e. The molecule has 1 aromatic heterocycles. The lowest BCUT2D eigenvalue weighted by molar-refractivity contribution is -0.150. The summed E-state index contributed by atoms with van der Waals surface area (Å²) in [7, 11) is 3.57. The van der Waals surface area contributed by atoms with Crippen molar-refractivity contribution >= 4 is 45.1 Å². The van der Waals surface area contributed by atoms with Gasteiger partial charge in [-0.25, -0.2) is 9.88 Å². The van der Waals surface area contributed by atoms with Gasteiger partial charge in [-0.15, -0.1) is 0 Å². The zero-order valence-corrected chi connectivity index (χ0v) is 21.1. The summed E-state index contributed by atoms with van der Waals surface area (Å²) in [4.78, 5) is 48.5. The molecule has 2 heterocycles. The Morgan fingerprint density at radius 2 is 1.52 bits per heavy atom. The highest BCUT2D eigenvalue weighted by molar-refractivity contribution is 8.76. The van der Waals surface area contributed by atoms with Crippen LogP contribution in [0.1, 0.15) is 76.2 Å². The summed E-state index contributed by atoms with van der Waals surface area (Å²) in [6.07, 6.45) is 5.46. The van der Waals surface area contributed by atoms with Gasteiger partial charge in [-0.3, -0.25) is 19.2 Å². The van der Waals surface area contributed by atoms with Gasteiger partial charge in [0.15, 0.2) is 0 Å². The molecule has 0 radical (unpaired) electrons. The molecule has 1 aromatic rings. The molecule has 8 heteroatoms. The lowest BCUT2D eigenvalue weighted by Gasteiger charge is -2.13. The van der Waals surface area contributed by atoms with E-state index in [1.54, 1.807) is 24.6 Å². The maximum atomic E-state index is 11.2. The van der Waals surface area contributed by atoms with Crippen LogP contribution in [0.25, 0.3) is 0 Å². The number of imide groups is 3. The Balaban J connectivity index is -0.000000405. The molecule has 0 saturated carbocycles. The molecule has 0 aliphatic carbocycles. The van der Waals surface area contributed by atoms with Crippen LogP contribution in [0.5, 0.6) is 0 Å². The van der Waals surface area contributed by atoms with Gasteiger partial charge in [0.1, 0.15) is 10.8 Å². The minimum atomic E-state index is -0.543. The molecule has 0 spiro atoms. The second-order valence-corrected chi connectivity index (χ2v) is 10.5. The second kappa shape index (κ2) is 19.5. The smallest absolute Gasteiger partial charge is 0.260 e. The molecular weight excluding hydrogens is 456 g/mol. The first-order valence-corrected chi connectivity index (χ1v) is 12.6. The Hall–Kier alpha value is -1.93. The standard InChI is InChI=1S/C8H9NO3.C8H11NS2.C7H14O.2CH4/c1-5(2)8(12)9-6(10)3-4-7(9)11;1-7(2)10-11-8-5-3-4-6-9-8;1-4-7(8)5-6(2)3;;/h3-5H,1-2H3;3-7H,1-2H3;6H,4-5H2,1-3H3;2*1H4. The summed E-state index contributed by atoms with van der Waals surface area (Å²) in [6.45, 7) is 13.7. The highest BCUT2D eigenvalue weighted by atomic mass is 33.1. The van der Waals surface area contributed by atoms with Gasteiger partial charge in [0, 0.05) is 42.4 Å². The van der Waals surface area contributed by atoms with Crippen LogP contribution in [0.4, 0.5) is 0 Å². The summed E-state index contributed by atoms with van der Waals surface area (Å²) >= 11 is 0. The summed E-state index contributed by atoms with van der Waals surface area (Å²) < 4.78 is 0. The first-order chi connectivity index (χ1) is 14.5. The van der Waals surface area contributed by atoms with Gasteiger partial charge in [-0.05, 0) is 28.8 Å². The highest BCUT2D eigenvalue weighted by Crippen LogP contribution is 2.32. The van der Waals surface area contributed by atoms with Crippen molar-refractivity contribution in [2.24, 2.45) is 11.8 Å². The molecule has 1 aliphatic heterocycles. The van der Waals surface area contributed by atoms with Crippen LogP contribution >= 0.6 is 21.6 Å². The van der Waals surface area contributed by atoms with Gasteiger partial charge in [-0.2, -0.15) is 0 Å². The van der Waals surface area contributed by atoms with Crippen molar-refractivity contribution in [3.05, 3.63) is 36.5 Å². The summed E-state index contributed by atoms with van der Waals surface area (Å²) in [6, 6.07) is 5.97. The predicted molar refractivity (Wildman–Crippen MR) is 142 cm³/mol. The number of rotatable bonds is 7. The third-order valence-corrected chi connectivity index (χ3v) is 6.37. The molecule has 0 bridgehead atoms. The number of carbonyl (C=O) groups is 4. The first kappa shape index (κ1) is 35.7. The Bertz CT molecular complexity index is 730. The van der Waals surface area contributed by atoms with Crippen molar-refractivity contribution in [2.75, 3.05) is 0 Å². The van der Waals surface area contributed by atoms with E-state index in [0.717, 1.165) is 23.6 Å². The average molecular weight is 499 g/mol. The fourth-order valence-corrected chi connectivity index (χ4v) is 3.72. The van der Waals surface area contributed by atoms with E-state index in [1.165, 1.54) is 0 Å². The average Bonchev–Trinajstić information content (AvgIpc) is 3.05. The van der Waals surface area contributed by atoms with Crippen molar-refractivity contribution in [2.45, 2.75) is 86.4 Å². The number of carbonyl (C=O) groups excluding carboxylic acids is 4. The van der Waals surface area contributed by atoms with Crippen molar-refractivity contribution in [3.8, 4) is 0 Å². The van der Waals surface area contributed by atoms with Crippen LogP contribution in [0.15, 0.2) is 41.6 Å². The quantitative estimate of drug-likeness (QED) is 0.309. The van der Waals surface area contributed by atoms with Crippen molar-refractivity contribution in [3.63, 3.8) is 0 Å². The molecule has 0 saturated heterocycles. The topological polar surface area (TPSA) is 84.4 Å². The SMILES string of the molecule is C.C.CC(C)C(=O)N1C(=O)C=CC1=O.CC(C)SSc1ccccn1.CCC(=O)CC(C)C. The molecule has 0 fully saturated rings. The molecule has 1 aliphatic rings. The molecule has 6 nitrogen and oxygen atoms in total. The maximum absolute atomic E-state index is 11.2. The Kier molecular flexibility index (Phi) is 21.1. The number of aromatic nitrogens is 1. The van der Waals surface area contributed by atoms with E-state index in [2.05, 4.69) is 32.7 Å². The lowest BCUT2D eigenvalue weighted by Crippen LogP contribution is -2.38. The second-order valence-electron chi connectivity index (χ2n) is 7.72. The molecule has 0 N–H and O–H groups in total. The molecule has 33 heavy (non-hydrogen) atoms. The molecule has 3 amide bonds. The van der Waals surface area contributed by atoms with Crippen LogP contribution in [0, 0.1) is 11.8 Å². The van der Waals surface area contributed by atoms with Crippen molar-refractivity contribution in [1.82, 2.24) is 9.88 Å². The van der Waals surface area contributed by atoms with E-state index in [1.807, 2.05) is 42.1 Å². The van der Waals surface area contributed by atoms with E-state index in [4.69, 9.17) is 0 Å². The maximum Gasteiger partial charge on any atom is 0.260 e. The van der Waals surface area contributed by atoms with Gasteiger partial charge in [0.2, 0.25) is 5.91 Å². The van der Waals surface area contributed by atoms with E-state index in [-0.39, 0.29) is 20.8 Å². The van der Waals surface area contributed by atoms with E-state index < -0.39 is 17.7 Å². The number of amides is 3. The minimum Gasteiger partial charge on any atom is -0.300 e. The first-order valence-electron chi connectivity index (χ1n) is 10.4. The number of nitrogens with zero attached hydrogens (tertiary/aromatic N) is 2. The number of hydrogen-bond donors (Lipinski definition) is 0. The highest BCUT2D eigenvalue weighted by Gasteiger charge is 2.31. The van der Waals surface area contributed by atoms with Gasteiger partial charge in [0.05, 0.1) is 0 Å². The molecule has 2 rings (SSSR count). The van der Waals surface area contributed by atoms with Crippen LogP contribution in [0.2, 0.25) is 0 Å². The summed E-state index contributed by atoms with van der Waals surface area (Å²) in [5.41, 5.74) is 0. The fourth-order valence-electron chi connectivity index (χ4n) is 2.02. The zero-order chi connectivity index (χ0) is 24.0. The molecule has 0 unspecified atom stereocenters. The monoisotopic (exact) mass is 498 g/mol. The summed E-state index contributed by atoms with van der Waals surface area (Å²) in [5.74, 6) is -0.965. The molecule has 188 valence electrons. The molecular formula is C25H42N2O4S2. The van der Waals surface area contributed by atoms with Crippen molar-refractivity contribution < 1.29 is 19.2 Å². The fraction of sp³-hybridized carbons (Fsp3) is 0.560. The zero-order valence-electron chi connectivity index (χ0n) is 19.5. The van der Waals surface area contributed by atoms with Gasteiger partial charge < -0.3 is 0 Å². The molecule has 0 aromatic carbocycles. The van der Waals surface area contributed by atoms with E-state index >= 15 is 0 Å². The van der Waals surface area contributed by atoms with Gasteiger partial charge >= 0.3 is 0 Å². The molecule has 0 atom stereocenters. The van der Waals surface area contributed by atoms with Crippen LogP contribution < -0.4 is 0 Å². The summed E-state index contributed by atoms with van der Waals surface area (Å²) in [5, 5.41) is 1.74. The van der Waals surface area contributed by atoms with Gasteiger partial charge in [0.25, 0.3) is 11.8 Å². The number of Topliss-reactive ketones (excluding diaryl/α,β-unsaturated/α-hetero) is 1. The van der Waals surface area contributed by atoms with Crippen LogP contribution in [-0.4, -0.2) is 38.6 Å². The van der Waals surface area contributed by atoms with E-state index in [0.29, 0.717) is 28.3 Å². The third-order valence-electron chi connectivity index (χ3n) is 3.52. The Morgan fingerprint density at radius 3 is 1.85 bits per heavy atom. The number of pyridine rings is 1. The Labute approximate surface area is 208 Å². The Morgan fingerprint density at radius 1 is 0.970 bits per heavy atom. The number of hydrogen-bond acceptors (Lipinski definition) is 7. The van der Waals surface area contributed by atoms with Crippen molar-refractivity contribution in [1.29, 1.82) is 0 Å². The minimum absolute atomic E-state index is 0. The van der Waals surface area contributed by atoms with E-state index in [9.17, 15) is 19.2 Å². The predicted octanol–water partition coefficient (Wildman–Crippen LogP) is 6.61. The third kappa shape index (κ3) is 16.3. The van der Waals surface area contributed by atoms with Crippen LogP contribution in [0.3, 0.4) is 0 Å². The number of ketones is 1.